The van der Waals surface area contributed by atoms with Gasteiger partial charge in [0.2, 0.25) is 0 Å². The number of hydrogen-bond acceptors (Lipinski definition) is 2. The Kier molecular flexibility index (Phi) is 3.86. The van der Waals surface area contributed by atoms with Crippen molar-refractivity contribution in [2.75, 3.05) is 6.26 Å². The van der Waals surface area contributed by atoms with Crippen LogP contribution in [0.4, 0.5) is 0 Å². The van der Waals surface area contributed by atoms with Gasteiger partial charge in [0.25, 0.3) is 0 Å². The number of H-pyrrole nitrogens is 1. The first-order chi connectivity index (χ1) is 12.1. The minimum atomic E-state index is -1.02. The maximum Gasteiger partial charge on any atom is 0.330 e. The molecular weight excluding hydrogens is 332 g/mol. The van der Waals surface area contributed by atoms with Gasteiger partial charge in [0.1, 0.15) is 0 Å². The zero-order chi connectivity index (χ0) is 17.4. The van der Waals surface area contributed by atoms with E-state index in [-0.39, 0.29) is 5.69 Å². The molecule has 0 amide bonds. The predicted octanol–water partition coefficient (Wildman–Crippen LogP) is 3.80. The molecule has 2 heterocycles. The lowest BCUT2D eigenvalue weighted by molar-refractivity contribution is 0.692. The smallest absolute Gasteiger partial charge is 0.307 e. The van der Waals surface area contributed by atoms with E-state index in [1.165, 1.54) is 0 Å². The number of benzene rings is 2. The number of rotatable bonds is 3. The summed E-state index contributed by atoms with van der Waals surface area (Å²) in [5.74, 6) is 0. The summed E-state index contributed by atoms with van der Waals surface area (Å²) < 4.78 is 13.0. The van der Waals surface area contributed by atoms with Gasteiger partial charge in [0.05, 0.1) is 16.7 Å². The largest absolute Gasteiger partial charge is 0.330 e. The van der Waals surface area contributed by atoms with E-state index in [9.17, 15) is 9.00 Å². The molecule has 25 heavy (non-hydrogen) atoms. The van der Waals surface area contributed by atoms with E-state index in [0.717, 1.165) is 33.2 Å². The standard InChI is InChI=1S/C20H16N2O2S/c1-25(24)11-10-14-6-2-4-8-17(14)18-13-16-12-15-7-3-5-9-19(15)22(16)20(23)21-18/h2-13H,1H3,(H,21,23)/b11-10+. The van der Waals surface area contributed by atoms with Gasteiger partial charge in [-0.25, -0.2) is 4.79 Å². The van der Waals surface area contributed by atoms with Crippen LogP contribution in [0.25, 0.3) is 33.8 Å². The Balaban J connectivity index is 1.96. The molecule has 0 saturated heterocycles. The SMILES string of the molecule is CS(=O)/C=C/c1ccccc1-c1cc2cc3ccccc3n2c(=O)[nH]1. The second kappa shape index (κ2) is 6.18. The van der Waals surface area contributed by atoms with Crippen molar-refractivity contribution in [3.8, 4) is 11.3 Å². The Morgan fingerprint density at radius 3 is 2.64 bits per heavy atom. The van der Waals surface area contributed by atoms with E-state index >= 15 is 0 Å². The number of hydrogen-bond donors (Lipinski definition) is 1. The lowest BCUT2D eigenvalue weighted by Crippen LogP contribution is -2.16. The summed E-state index contributed by atoms with van der Waals surface area (Å²) >= 11 is 0. The third-order valence-corrected chi connectivity index (χ3v) is 4.69. The zero-order valence-corrected chi connectivity index (χ0v) is 14.4. The molecule has 0 aliphatic rings. The highest BCUT2D eigenvalue weighted by atomic mass is 32.2. The molecule has 0 aliphatic heterocycles. The molecule has 0 aliphatic carbocycles. The molecule has 0 saturated carbocycles. The maximum atomic E-state index is 12.7. The van der Waals surface area contributed by atoms with Gasteiger partial charge in [0.15, 0.2) is 0 Å². The van der Waals surface area contributed by atoms with Crippen LogP contribution in [-0.4, -0.2) is 19.8 Å². The van der Waals surface area contributed by atoms with Crippen LogP contribution in [0, 0.1) is 0 Å². The van der Waals surface area contributed by atoms with Crippen LogP contribution in [0.3, 0.4) is 0 Å². The molecule has 1 atom stereocenters. The van der Waals surface area contributed by atoms with Crippen LogP contribution in [0.2, 0.25) is 0 Å². The molecule has 1 unspecified atom stereocenters. The molecule has 4 nitrogen and oxygen atoms in total. The fraction of sp³-hybridized carbons (Fsp3) is 0.0500. The van der Waals surface area contributed by atoms with E-state index < -0.39 is 10.8 Å². The van der Waals surface area contributed by atoms with Gasteiger partial charge in [-0.15, -0.1) is 0 Å². The average Bonchev–Trinajstić information content (AvgIpc) is 2.99. The van der Waals surface area contributed by atoms with Crippen LogP contribution >= 0.6 is 0 Å². The average molecular weight is 348 g/mol. The van der Waals surface area contributed by atoms with Crippen molar-refractivity contribution >= 4 is 33.3 Å². The van der Waals surface area contributed by atoms with Crippen molar-refractivity contribution < 1.29 is 4.21 Å². The molecule has 4 rings (SSSR count). The van der Waals surface area contributed by atoms with Gasteiger partial charge in [-0.3, -0.25) is 8.61 Å². The summed E-state index contributed by atoms with van der Waals surface area (Å²) in [5.41, 5.74) is 4.11. The van der Waals surface area contributed by atoms with E-state index in [1.807, 2.05) is 66.7 Å². The lowest BCUT2D eigenvalue weighted by atomic mass is 10.0. The molecule has 5 heteroatoms. The number of nitrogens with one attached hydrogen (secondary N) is 1. The third-order valence-electron chi connectivity index (χ3n) is 4.17. The number of aromatic nitrogens is 2. The van der Waals surface area contributed by atoms with Crippen molar-refractivity contribution in [2.24, 2.45) is 0 Å². The summed E-state index contributed by atoms with van der Waals surface area (Å²) in [7, 11) is -1.02. The Bertz CT molecular complexity index is 1200. The van der Waals surface area contributed by atoms with Gasteiger partial charge in [-0.2, -0.15) is 0 Å². The van der Waals surface area contributed by atoms with E-state index in [4.69, 9.17) is 0 Å². The van der Waals surface area contributed by atoms with Crippen LogP contribution in [0.15, 0.2) is 70.9 Å². The maximum absolute atomic E-state index is 12.7. The lowest BCUT2D eigenvalue weighted by Gasteiger charge is -2.07. The van der Waals surface area contributed by atoms with Gasteiger partial charge in [0, 0.05) is 33.4 Å². The van der Waals surface area contributed by atoms with Crippen molar-refractivity contribution in [3.63, 3.8) is 0 Å². The highest BCUT2D eigenvalue weighted by molar-refractivity contribution is 7.87. The summed E-state index contributed by atoms with van der Waals surface area (Å²) in [5, 5.41) is 2.67. The second-order valence-corrected chi connectivity index (χ2v) is 7.11. The molecular formula is C20H16N2O2S. The van der Waals surface area contributed by atoms with E-state index in [2.05, 4.69) is 4.98 Å². The number of para-hydroxylation sites is 1. The first-order valence-corrected chi connectivity index (χ1v) is 9.49. The van der Waals surface area contributed by atoms with E-state index in [0.29, 0.717) is 0 Å². The van der Waals surface area contributed by atoms with Gasteiger partial charge in [-0.1, -0.05) is 42.5 Å². The van der Waals surface area contributed by atoms with Crippen molar-refractivity contribution in [1.82, 2.24) is 9.38 Å². The second-order valence-electron chi connectivity index (χ2n) is 5.84. The molecule has 0 spiro atoms. The number of nitrogens with zero attached hydrogens (tertiary/aromatic N) is 1. The van der Waals surface area contributed by atoms with Crippen molar-refractivity contribution in [2.45, 2.75) is 0 Å². The topological polar surface area (TPSA) is 54.3 Å². The van der Waals surface area contributed by atoms with Crippen molar-refractivity contribution in [3.05, 3.63) is 82.1 Å². The van der Waals surface area contributed by atoms with Crippen LogP contribution < -0.4 is 5.69 Å². The minimum Gasteiger partial charge on any atom is -0.307 e. The van der Waals surface area contributed by atoms with Gasteiger partial charge < -0.3 is 4.98 Å². The molecule has 0 fully saturated rings. The van der Waals surface area contributed by atoms with Crippen LogP contribution in [0.5, 0.6) is 0 Å². The molecule has 2 aromatic heterocycles. The highest BCUT2D eigenvalue weighted by Crippen LogP contribution is 2.25. The van der Waals surface area contributed by atoms with Crippen LogP contribution in [-0.2, 0) is 10.8 Å². The molecule has 1 N–H and O–H groups in total. The predicted molar refractivity (Wildman–Crippen MR) is 104 cm³/mol. The first kappa shape index (κ1) is 15.6. The normalized spacial score (nSPS) is 13.0. The zero-order valence-electron chi connectivity index (χ0n) is 13.6. The monoisotopic (exact) mass is 348 g/mol. The minimum absolute atomic E-state index is 0.174. The molecule has 124 valence electrons. The summed E-state index contributed by atoms with van der Waals surface area (Å²) in [4.78, 5) is 15.6. The molecule has 0 radical (unpaired) electrons. The summed E-state index contributed by atoms with van der Waals surface area (Å²) in [6, 6.07) is 19.5. The van der Waals surface area contributed by atoms with Gasteiger partial charge in [-0.05, 0) is 29.8 Å². The van der Waals surface area contributed by atoms with Gasteiger partial charge >= 0.3 is 5.69 Å². The Labute approximate surface area is 146 Å². The summed E-state index contributed by atoms with van der Waals surface area (Å²) in [6.45, 7) is 0. The van der Waals surface area contributed by atoms with Crippen LogP contribution in [0.1, 0.15) is 5.56 Å². The molecule has 4 aromatic rings. The highest BCUT2D eigenvalue weighted by Gasteiger charge is 2.09. The Morgan fingerprint density at radius 1 is 1.04 bits per heavy atom. The number of fused-ring (bicyclic) bond motifs is 3. The first-order valence-electron chi connectivity index (χ1n) is 7.87. The third kappa shape index (κ3) is 2.83. The quantitative estimate of drug-likeness (QED) is 0.612. The Hall–Kier alpha value is -2.92. The molecule has 2 aromatic carbocycles. The van der Waals surface area contributed by atoms with E-state index in [1.54, 1.807) is 16.1 Å². The van der Waals surface area contributed by atoms with Crippen molar-refractivity contribution in [1.29, 1.82) is 0 Å². The number of aromatic amines is 1. The fourth-order valence-corrected chi connectivity index (χ4v) is 3.40. The fourth-order valence-electron chi connectivity index (χ4n) is 3.07. The molecule has 0 bridgehead atoms. The summed E-state index contributed by atoms with van der Waals surface area (Å²) in [6.07, 6.45) is 3.45. The Morgan fingerprint density at radius 2 is 1.80 bits per heavy atom.